The Hall–Kier alpha value is -2.28. The standard InChI is InChI=1S/C20H25F3N2O2/c1-3-4-6-16-18(14-7-9-15(10-8-14)20(21,22)23)17(19(24)27)13(2)25(16)11-5-12-26/h7-10,26H,3-6,11-12H2,1-2H3,(H2,24,27). The summed E-state index contributed by atoms with van der Waals surface area (Å²) in [5.74, 6) is -0.608. The number of benzene rings is 1. The molecule has 148 valence electrons. The first-order chi connectivity index (χ1) is 12.7. The van der Waals surface area contributed by atoms with Gasteiger partial charge in [-0.3, -0.25) is 4.79 Å². The van der Waals surface area contributed by atoms with Gasteiger partial charge in [0.05, 0.1) is 11.1 Å². The topological polar surface area (TPSA) is 68.2 Å². The Balaban J connectivity index is 2.66. The zero-order valence-corrected chi connectivity index (χ0v) is 15.6. The average molecular weight is 382 g/mol. The molecule has 0 aliphatic rings. The van der Waals surface area contributed by atoms with Gasteiger partial charge in [0.25, 0.3) is 5.91 Å². The van der Waals surface area contributed by atoms with Crippen LogP contribution in [0.15, 0.2) is 24.3 Å². The number of hydrogen-bond donors (Lipinski definition) is 2. The second kappa shape index (κ2) is 8.61. The van der Waals surface area contributed by atoms with Crippen LogP contribution >= 0.6 is 0 Å². The molecule has 1 aromatic carbocycles. The van der Waals surface area contributed by atoms with E-state index in [-0.39, 0.29) is 6.61 Å². The maximum absolute atomic E-state index is 12.9. The molecule has 7 heteroatoms. The minimum atomic E-state index is -4.42. The van der Waals surface area contributed by atoms with E-state index in [1.165, 1.54) is 12.1 Å². The number of aliphatic hydroxyl groups is 1. The van der Waals surface area contributed by atoms with Crippen molar-refractivity contribution in [3.63, 3.8) is 0 Å². The molecule has 3 N–H and O–H groups in total. The smallest absolute Gasteiger partial charge is 0.396 e. The maximum Gasteiger partial charge on any atom is 0.416 e. The number of unbranched alkanes of at least 4 members (excludes halogenated alkanes) is 1. The first kappa shape index (κ1) is 21.0. The second-order valence-corrected chi connectivity index (χ2v) is 6.55. The lowest BCUT2D eigenvalue weighted by molar-refractivity contribution is -0.137. The molecule has 1 aromatic heterocycles. The molecule has 1 amide bonds. The third kappa shape index (κ3) is 4.53. The summed E-state index contributed by atoms with van der Waals surface area (Å²) in [6.07, 6.45) is -1.43. The number of carbonyl (C=O) groups excluding carboxylic acids is 1. The highest BCUT2D eigenvalue weighted by atomic mass is 19.4. The van der Waals surface area contributed by atoms with Crippen LogP contribution in [0.25, 0.3) is 11.1 Å². The van der Waals surface area contributed by atoms with Gasteiger partial charge in [0.2, 0.25) is 0 Å². The van der Waals surface area contributed by atoms with Crippen molar-refractivity contribution < 1.29 is 23.1 Å². The summed E-state index contributed by atoms with van der Waals surface area (Å²) < 4.78 is 40.6. The maximum atomic E-state index is 12.9. The summed E-state index contributed by atoms with van der Waals surface area (Å²) in [5.41, 5.74) is 7.89. The van der Waals surface area contributed by atoms with Crippen LogP contribution < -0.4 is 5.73 Å². The first-order valence-electron chi connectivity index (χ1n) is 9.02. The number of amides is 1. The monoisotopic (exact) mass is 382 g/mol. The highest BCUT2D eigenvalue weighted by Crippen LogP contribution is 2.36. The van der Waals surface area contributed by atoms with Crippen molar-refractivity contribution in [2.45, 2.75) is 52.3 Å². The number of rotatable bonds is 8. The molecule has 0 aliphatic carbocycles. The van der Waals surface area contributed by atoms with E-state index in [2.05, 4.69) is 0 Å². The SMILES string of the molecule is CCCCc1c(-c2ccc(C(F)(F)F)cc2)c(C(N)=O)c(C)n1CCCO. The Labute approximate surface area is 156 Å². The van der Waals surface area contributed by atoms with Gasteiger partial charge >= 0.3 is 6.18 Å². The van der Waals surface area contributed by atoms with Gasteiger partial charge in [0.15, 0.2) is 0 Å². The van der Waals surface area contributed by atoms with E-state index in [4.69, 9.17) is 5.73 Å². The molecular weight excluding hydrogens is 357 g/mol. The van der Waals surface area contributed by atoms with E-state index in [1.807, 2.05) is 11.5 Å². The highest BCUT2D eigenvalue weighted by molar-refractivity contribution is 6.02. The number of aliphatic hydroxyl groups excluding tert-OH is 1. The van der Waals surface area contributed by atoms with Crippen molar-refractivity contribution >= 4 is 5.91 Å². The van der Waals surface area contributed by atoms with Crippen LogP contribution in [-0.4, -0.2) is 22.2 Å². The molecule has 27 heavy (non-hydrogen) atoms. The van der Waals surface area contributed by atoms with Crippen LogP contribution in [0.4, 0.5) is 13.2 Å². The summed E-state index contributed by atoms with van der Waals surface area (Å²) in [4.78, 5) is 12.1. The van der Waals surface area contributed by atoms with Crippen molar-refractivity contribution in [1.82, 2.24) is 4.57 Å². The minimum Gasteiger partial charge on any atom is -0.396 e. The molecule has 2 aromatic rings. The fraction of sp³-hybridized carbons (Fsp3) is 0.450. The van der Waals surface area contributed by atoms with Gasteiger partial charge in [-0.05, 0) is 43.9 Å². The molecule has 0 fully saturated rings. The van der Waals surface area contributed by atoms with Crippen LogP contribution in [0, 0.1) is 6.92 Å². The van der Waals surface area contributed by atoms with Gasteiger partial charge in [-0.1, -0.05) is 25.5 Å². The van der Waals surface area contributed by atoms with Gasteiger partial charge in [-0.25, -0.2) is 0 Å². The normalized spacial score (nSPS) is 11.8. The van der Waals surface area contributed by atoms with Crippen LogP contribution in [0.3, 0.4) is 0 Å². The molecule has 0 unspecified atom stereocenters. The summed E-state index contributed by atoms with van der Waals surface area (Å²) in [6.45, 7) is 4.34. The molecule has 0 saturated heterocycles. The predicted molar refractivity (Wildman–Crippen MR) is 98.4 cm³/mol. The second-order valence-electron chi connectivity index (χ2n) is 6.55. The van der Waals surface area contributed by atoms with Gasteiger partial charge in [0, 0.05) is 30.1 Å². The minimum absolute atomic E-state index is 0.00631. The van der Waals surface area contributed by atoms with E-state index in [9.17, 15) is 23.1 Å². The predicted octanol–water partition coefficient (Wildman–Crippen LogP) is 4.31. The van der Waals surface area contributed by atoms with Gasteiger partial charge < -0.3 is 15.4 Å². The van der Waals surface area contributed by atoms with Crippen LogP contribution in [0.2, 0.25) is 0 Å². The molecule has 0 atom stereocenters. The number of carbonyl (C=O) groups is 1. The number of nitrogens with two attached hydrogens (primary N) is 1. The van der Waals surface area contributed by atoms with Crippen LogP contribution in [0.5, 0.6) is 0 Å². The van der Waals surface area contributed by atoms with Crippen molar-refractivity contribution in [1.29, 1.82) is 0 Å². The summed E-state index contributed by atoms with van der Waals surface area (Å²) in [5, 5.41) is 9.18. The zero-order chi connectivity index (χ0) is 20.2. The van der Waals surface area contributed by atoms with Crippen molar-refractivity contribution in [3.05, 3.63) is 46.8 Å². The largest absolute Gasteiger partial charge is 0.416 e. The fourth-order valence-corrected chi connectivity index (χ4v) is 3.37. The van der Waals surface area contributed by atoms with E-state index in [0.29, 0.717) is 41.8 Å². The Kier molecular flexibility index (Phi) is 6.70. The van der Waals surface area contributed by atoms with Crippen molar-refractivity contribution in [2.75, 3.05) is 6.61 Å². The number of primary amides is 1. The fourth-order valence-electron chi connectivity index (χ4n) is 3.37. The Morgan fingerprint density at radius 2 is 1.81 bits per heavy atom. The third-order valence-electron chi connectivity index (χ3n) is 4.69. The molecule has 0 saturated carbocycles. The molecule has 4 nitrogen and oxygen atoms in total. The number of nitrogens with zero attached hydrogens (tertiary/aromatic N) is 1. The first-order valence-corrected chi connectivity index (χ1v) is 9.02. The summed E-state index contributed by atoms with van der Waals surface area (Å²) >= 11 is 0. The molecule has 1 heterocycles. The Bertz CT molecular complexity index is 793. The quantitative estimate of drug-likeness (QED) is 0.714. The molecule has 0 radical (unpaired) electrons. The van der Waals surface area contributed by atoms with Gasteiger partial charge in [0.1, 0.15) is 0 Å². The van der Waals surface area contributed by atoms with Gasteiger partial charge in [-0.2, -0.15) is 13.2 Å². The van der Waals surface area contributed by atoms with E-state index in [0.717, 1.165) is 30.7 Å². The lowest BCUT2D eigenvalue weighted by atomic mass is 9.96. The average Bonchev–Trinajstić information content (AvgIpc) is 2.89. The number of aromatic nitrogens is 1. The lowest BCUT2D eigenvalue weighted by Gasteiger charge is -2.13. The van der Waals surface area contributed by atoms with Gasteiger partial charge in [-0.15, -0.1) is 0 Å². The molecule has 0 bridgehead atoms. The number of hydrogen-bond acceptors (Lipinski definition) is 2. The van der Waals surface area contributed by atoms with Crippen molar-refractivity contribution in [3.8, 4) is 11.1 Å². The Morgan fingerprint density at radius 3 is 2.30 bits per heavy atom. The number of alkyl halides is 3. The third-order valence-corrected chi connectivity index (χ3v) is 4.69. The van der Waals surface area contributed by atoms with E-state index < -0.39 is 17.6 Å². The summed E-state index contributed by atoms with van der Waals surface area (Å²) in [7, 11) is 0. The Morgan fingerprint density at radius 1 is 1.19 bits per heavy atom. The lowest BCUT2D eigenvalue weighted by Crippen LogP contribution is -2.13. The van der Waals surface area contributed by atoms with Crippen LogP contribution in [-0.2, 0) is 19.1 Å². The molecular formula is C20H25F3N2O2. The zero-order valence-electron chi connectivity index (χ0n) is 15.6. The van der Waals surface area contributed by atoms with Crippen LogP contribution in [0.1, 0.15) is 53.5 Å². The molecule has 0 spiro atoms. The van der Waals surface area contributed by atoms with E-state index >= 15 is 0 Å². The van der Waals surface area contributed by atoms with Crippen molar-refractivity contribution in [2.24, 2.45) is 5.73 Å². The van der Waals surface area contributed by atoms with E-state index in [1.54, 1.807) is 6.92 Å². The molecule has 0 aliphatic heterocycles. The highest BCUT2D eigenvalue weighted by Gasteiger charge is 2.31. The molecule has 2 rings (SSSR count). The summed E-state index contributed by atoms with van der Waals surface area (Å²) in [6, 6.07) is 4.81. The number of halogens is 3.